The van der Waals surface area contributed by atoms with Crippen molar-refractivity contribution in [3.05, 3.63) is 36.9 Å². The molecular weight excluding hydrogens is 246 g/mol. The lowest BCUT2D eigenvalue weighted by Crippen LogP contribution is -2.15. The topological polar surface area (TPSA) is 38.3 Å². The summed E-state index contributed by atoms with van der Waals surface area (Å²) < 4.78 is 5.58. The Balaban J connectivity index is 2.54. The van der Waals surface area contributed by atoms with E-state index < -0.39 is 0 Å². The number of hydrogen-bond donors (Lipinski definition) is 1. The fourth-order valence-electron chi connectivity index (χ4n) is 1.33. The van der Waals surface area contributed by atoms with Crippen molar-refractivity contribution in [2.75, 3.05) is 23.4 Å². The standard InChI is InChI=1S/C14H19NO2S/c1-3-9-17-13-8-6-5-7-12(13)15-14(16)11-18-10-4-2/h4-8H,2-3,9-11H2,1H3,(H,15,16). The number of nitrogens with one attached hydrogen (secondary N) is 1. The van der Waals surface area contributed by atoms with Gasteiger partial charge in [-0.05, 0) is 18.6 Å². The highest BCUT2D eigenvalue weighted by atomic mass is 32.2. The molecule has 0 aliphatic carbocycles. The molecule has 0 radical (unpaired) electrons. The van der Waals surface area contributed by atoms with Crippen LogP contribution in [-0.4, -0.2) is 24.0 Å². The van der Waals surface area contributed by atoms with Gasteiger partial charge in [0.25, 0.3) is 0 Å². The van der Waals surface area contributed by atoms with Crippen molar-refractivity contribution >= 4 is 23.4 Å². The molecule has 1 N–H and O–H groups in total. The Kier molecular flexibility index (Phi) is 7.03. The van der Waals surface area contributed by atoms with E-state index in [0.29, 0.717) is 12.4 Å². The molecule has 0 aliphatic heterocycles. The van der Waals surface area contributed by atoms with Crippen LogP contribution >= 0.6 is 11.8 Å². The number of amides is 1. The number of hydrogen-bond acceptors (Lipinski definition) is 3. The minimum Gasteiger partial charge on any atom is -0.491 e. The number of carbonyl (C=O) groups excluding carboxylic acids is 1. The molecule has 0 unspecified atom stereocenters. The zero-order valence-electron chi connectivity index (χ0n) is 10.6. The lowest BCUT2D eigenvalue weighted by atomic mass is 10.3. The minimum atomic E-state index is -0.0191. The van der Waals surface area contributed by atoms with Gasteiger partial charge in [0, 0.05) is 5.75 Å². The Morgan fingerprint density at radius 3 is 3.00 bits per heavy atom. The van der Waals surface area contributed by atoms with Crippen molar-refractivity contribution in [1.82, 2.24) is 0 Å². The van der Waals surface area contributed by atoms with Gasteiger partial charge in [-0.3, -0.25) is 4.79 Å². The summed E-state index contributed by atoms with van der Waals surface area (Å²) >= 11 is 1.53. The maximum absolute atomic E-state index is 11.7. The van der Waals surface area contributed by atoms with Crippen LogP contribution in [-0.2, 0) is 4.79 Å². The van der Waals surface area contributed by atoms with Gasteiger partial charge in [-0.25, -0.2) is 0 Å². The number of carbonyl (C=O) groups is 1. The lowest BCUT2D eigenvalue weighted by Gasteiger charge is -2.11. The van der Waals surface area contributed by atoms with E-state index in [1.165, 1.54) is 11.8 Å². The number of rotatable bonds is 8. The molecule has 1 aromatic rings. The third-order valence-electron chi connectivity index (χ3n) is 2.09. The smallest absolute Gasteiger partial charge is 0.234 e. The summed E-state index contributed by atoms with van der Waals surface area (Å²) in [5.74, 6) is 1.91. The zero-order chi connectivity index (χ0) is 13.2. The molecule has 0 spiro atoms. The summed E-state index contributed by atoms with van der Waals surface area (Å²) in [6.07, 6.45) is 2.73. The second-order valence-electron chi connectivity index (χ2n) is 3.70. The summed E-state index contributed by atoms with van der Waals surface area (Å²) in [5.41, 5.74) is 0.732. The third kappa shape index (κ3) is 5.27. The average molecular weight is 265 g/mol. The van der Waals surface area contributed by atoms with Crippen LogP contribution in [0.25, 0.3) is 0 Å². The van der Waals surface area contributed by atoms with Crippen LogP contribution in [0.5, 0.6) is 5.75 Å². The largest absolute Gasteiger partial charge is 0.491 e. The molecule has 0 aromatic heterocycles. The fraction of sp³-hybridized carbons (Fsp3) is 0.357. The molecule has 18 heavy (non-hydrogen) atoms. The maximum atomic E-state index is 11.7. The molecule has 0 fully saturated rings. The third-order valence-corrected chi connectivity index (χ3v) is 3.03. The number of benzene rings is 1. The zero-order valence-corrected chi connectivity index (χ0v) is 11.5. The van der Waals surface area contributed by atoms with Crippen molar-refractivity contribution in [2.24, 2.45) is 0 Å². The molecule has 4 heteroatoms. The van der Waals surface area contributed by atoms with Crippen LogP contribution in [0.4, 0.5) is 5.69 Å². The van der Waals surface area contributed by atoms with Crippen LogP contribution in [0.1, 0.15) is 13.3 Å². The van der Waals surface area contributed by atoms with Gasteiger partial charge in [0.05, 0.1) is 18.0 Å². The van der Waals surface area contributed by atoms with E-state index in [2.05, 4.69) is 11.9 Å². The van der Waals surface area contributed by atoms with Crippen molar-refractivity contribution in [3.63, 3.8) is 0 Å². The van der Waals surface area contributed by atoms with E-state index in [-0.39, 0.29) is 5.91 Å². The Hall–Kier alpha value is -1.42. The van der Waals surface area contributed by atoms with E-state index in [0.717, 1.165) is 23.6 Å². The summed E-state index contributed by atoms with van der Waals surface area (Å²) in [5, 5.41) is 2.86. The molecular formula is C14H19NO2S. The van der Waals surface area contributed by atoms with Crippen LogP contribution in [0.2, 0.25) is 0 Å². The van der Waals surface area contributed by atoms with Crippen molar-refractivity contribution in [3.8, 4) is 5.75 Å². The van der Waals surface area contributed by atoms with Gasteiger partial charge in [0.15, 0.2) is 0 Å². The maximum Gasteiger partial charge on any atom is 0.234 e. The van der Waals surface area contributed by atoms with Crippen LogP contribution < -0.4 is 10.1 Å². The number of para-hydroxylation sites is 2. The first-order valence-corrected chi connectivity index (χ1v) is 7.13. The Morgan fingerprint density at radius 2 is 2.28 bits per heavy atom. The van der Waals surface area contributed by atoms with E-state index in [4.69, 9.17) is 4.74 Å². The van der Waals surface area contributed by atoms with Crippen LogP contribution in [0, 0.1) is 0 Å². The molecule has 3 nitrogen and oxygen atoms in total. The van der Waals surface area contributed by atoms with Crippen LogP contribution in [0.3, 0.4) is 0 Å². The van der Waals surface area contributed by atoms with E-state index >= 15 is 0 Å². The predicted octanol–water partition coefficient (Wildman–Crippen LogP) is 3.33. The van der Waals surface area contributed by atoms with Crippen molar-refractivity contribution in [1.29, 1.82) is 0 Å². The van der Waals surface area contributed by atoms with Crippen molar-refractivity contribution < 1.29 is 9.53 Å². The predicted molar refractivity (Wildman–Crippen MR) is 78.4 cm³/mol. The minimum absolute atomic E-state index is 0.0191. The second kappa shape index (κ2) is 8.64. The highest BCUT2D eigenvalue weighted by Crippen LogP contribution is 2.24. The highest BCUT2D eigenvalue weighted by molar-refractivity contribution is 8.00. The Morgan fingerprint density at radius 1 is 1.50 bits per heavy atom. The Bertz CT molecular complexity index is 393. The molecule has 98 valence electrons. The summed E-state index contributed by atoms with van der Waals surface area (Å²) in [6, 6.07) is 7.49. The molecule has 1 rings (SSSR count). The molecule has 1 amide bonds. The van der Waals surface area contributed by atoms with Gasteiger partial charge in [-0.1, -0.05) is 25.1 Å². The van der Waals surface area contributed by atoms with E-state index in [1.807, 2.05) is 31.2 Å². The van der Waals surface area contributed by atoms with Gasteiger partial charge in [-0.2, -0.15) is 0 Å². The first-order valence-electron chi connectivity index (χ1n) is 5.98. The van der Waals surface area contributed by atoms with Gasteiger partial charge in [0.1, 0.15) is 5.75 Å². The molecule has 0 saturated heterocycles. The molecule has 0 heterocycles. The lowest BCUT2D eigenvalue weighted by molar-refractivity contribution is -0.113. The van der Waals surface area contributed by atoms with Gasteiger partial charge >= 0.3 is 0 Å². The number of anilines is 1. The number of thioether (sulfide) groups is 1. The average Bonchev–Trinajstić information content (AvgIpc) is 2.38. The van der Waals surface area contributed by atoms with Crippen LogP contribution in [0.15, 0.2) is 36.9 Å². The first kappa shape index (κ1) is 14.6. The first-order chi connectivity index (χ1) is 8.77. The molecule has 0 aliphatic rings. The summed E-state index contributed by atoms with van der Waals surface area (Å²) in [4.78, 5) is 11.7. The molecule has 0 atom stereocenters. The summed E-state index contributed by atoms with van der Waals surface area (Å²) in [6.45, 7) is 6.32. The molecule has 1 aromatic carbocycles. The monoisotopic (exact) mass is 265 g/mol. The second-order valence-corrected chi connectivity index (χ2v) is 4.73. The molecule has 0 bridgehead atoms. The highest BCUT2D eigenvalue weighted by Gasteiger charge is 2.06. The van der Waals surface area contributed by atoms with Gasteiger partial charge in [0.2, 0.25) is 5.91 Å². The van der Waals surface area contributed by atoms with E-state index in [9.17, 15) is 4.79 Å². The Labute approximate surface area is 113 Å². The van der Waals surface area contributed by atoms with Gasteiger partial charge < -0.3 is 10.1 Å². The molecule has 0 saturated carbocycles. The van der Waals surface area contributed by atoms with Gasteiger partial charge in [-0.15, -0.1) is 18.3 Å². The SMILES string of the molecule is C=CCSCC(=O)Nc1ccccc1OCCC. The van der Waals surface area contributed by atoms with Crippen molar-refractivity contribution in [2.45, 2.75) is 13.3 Å². The normalized spacial score (nSPS) is 9.83. The quantitative estimate of drug-likeness (QED) is 0.579. The fourth-order valence-corrected chi connectivity index (χ4v) is 1.87. The van der Waals surface area contributed by atoms with E-state index in [1.54, 1.807) is 6.08 Å². The summed E-state index contributed by atoms with van der Waals surface area (Å²) in [7, 11) is 0. The number of ether oxygens (including phenoxy) is 1.